The van der Waals surface area contributed by atoms with Crippen LogP contribution in [0.3, 0.4) is 0 Å². The standard InChI is InChI=1S/C26H24FNO6S/c1-3-33-26(29)14-7-18-17-28(25-13-12-21(32-2)16-24(18)25)35(30,31)23-6-4-5-22(15-23)34-20-10-8-19(27)9-11-20/h4-6,8-13,15-17H,3,7,14H2,1-2H3. The Morgan fingerprint density at radius 3 is 2.43 bits per heavy atom. The smallest absolute Gasteiger partial charge is 0.306 e. The van der Waals surface area contributed by atoms with Crippen molar-refractivity contribution < 1.29 is 31.8 Å². The number of carbonyl (C=O) groups is 1. The molecule has 0 aliphatic carbocycles. The minimum Gasteiger partial charge on any atom is -0.497 e. The van der Waals surface area contributed by atoms with Crippen LogP contribution in [-0.4, -0.2) is 32.1 Å². The van der Waals surface area contributed by atoms with Crippen molar-refractivity contribution in [2.45, 2.75) is 24.7 Å². The number of nitrogens with zero attached hydrogens (tertiary/aromatic N) is 1. The van der Waals surface area contributed by atoms with Gasteiger partial charge in [-0.3, -0.25) is 4.79 Å². The average molecular weight is 498 g/mol. The van der Waals surface area contributed by atoms with Crippen molar-refractivity contribution in [1.82, 2.24) is 3.97 Å². The maximum absolute atomic E-state index is 13.6. The maximum Gasteiger partial charge on any atom is 0.306 e. The maximum atomic E-state index is 13.6. The molecule has 3 aromatic carbocycles. The first-order chi connectivity index (χ1) is 16.8. The molecule has 0 fully saturated rings. The van der Waals surface area contributed by atoms with Crippen molar-refractivity contribution in [2.75, 3.05) is 13.7 Å². The summed E-state index contributed by atoms with van der Waals surface area (Å²) in [6.07, 6.45) is 1.94. The zero-order valence-electron chi connectivity index (χ0n) is 19.2. The summed E-state index contributed by atoms with van der Waals surface area (Å²) in [5.74, 6) is 0.479. The summed E-state index contributed by atoms with van der Waals surface area (Å²) in [7, 11) is -2.49. The Balaban J connectivity index is 1.72. The van der Waals surface area contributed by atoms with Gasteiger partial charge in [-0.2, -0.15) is 0 Å². The Kier molecular flexibility index (Phi) is 7.07. The number of rotatable bonds is 9. The Labute approximate surface area is 202 Å². The number of benzene rings is 3. The Morgan fingerprint density at radius 1 is 0.971 bits per heavy atom. The summed E-state index contributed by atoms with van der Waals surface area (Å²) in [5.41, 5.74) is 1.13. The minimum atomic E-state index is -4.01. The molecule has 0 N–H and O–H groups in total. The van der Waals surface area contributed by atoms with Gasteiger partial charge in [0.2, 0.25) is 0 Å². The van der Waals surface area contributed by atoms with Crippen molar-refractivity contribution >= 4 is 26.9 Å². The lowest BCUT2D eigenvalue weighted by Crippen LogP contribution is -2.12. The van der Waals surface area contributed by atoms with E-state index in [9.17, 15) is 17.6 Å². The predicted molar refractivity (Wildman–Crippen MR) is 129 cm³/mol. The molecule has 1 aromatic heterocycles. The van der Waals surface area contributed by atoms with Gasteiger partial charge in [0.1, 0.15) is 23.1 Å². The van der Waals surface area contributed by atoms with Crippen LogP contribution >= 0.6 is 0 Å². The van der Waals surface area contributed by atoms with Gasteiger partial charge < -0.3 is 14.2 Å². The molecule has 0 atom stereocenters. The van der Waals surface area contributed by atoms with E-state index < -0.39 is 15.8 Å². The zero-order valence-corrected chi connectivity index (χ0v) is 20.0. The summed E-state index contributed by atoms with van der Waals surface area (Å²) in [5, 5.41) is 0.663. The molecule has 0 spiro atoms. The first-order valence-electron chi connectivity index (χ1n) is 10.9. The minimum absolute atomic E-state index is 0.0155. The lowest BCUT2D eigenvalue weighted by molar-refractivity contribution is -0.143. The van der Waals surface area contributed by atoms with Gasteiger partial charge in [0.15, 0.2) is 0 Å². The van der Waals surface area contributed by atoms with Gasteiger partial charge >= 0.3 is 5.97 Å². The fourth-order valence-electron chi connectivity index (χ4n) is 3.69. The van der Waals surface area contributed by atoms with Crippen molar-refractivity contribution in [3.8, 4) is 17.2 Å². The molecule has 4 aromatic rings. The number of hydrogen-bond donors (Lipinski definition) is 0. The van der Waals surface area contributed by atoms with Gasteiger partial charge in [0.25, 0.3) is 10.0 Å². The Hall–Kier alpha value is -3.85. The molecular weight excluding hydrogens is 473 g/mol. The fraction of sp³-hybridized carbons (Fsp3) is 0.192. The molecule has 9 heteroatoms. The molecule has 7 nitrogen and oxygen atoms in total. The number of halogens is 1. The van der Waals surface area contributed by atoms with E-state index in [1.165, 1.54) is 53.7 Å². The van der Waals surface area contributed by atoms with Crippen molar-refractivity contribution in [1.29, 1.82) is 0 Å². The summed E-state index contributed by atoms with van der Waals surface area (Å²) in [6.45, 7) is 2.01. The van der Waals surface area contributed by atoms with E-state index in [0.717, 1.165) is 0 Å². The molecule has 35 heavy (non-hydrogen) atoms. The largest absolute Gasteiger partial charge is 0.497 e. The molecule has 182 valence electrons. The van der Waals surface area contributed by atoms with E-state index in [4.69, 9.17) is 14.2 Å². The first-order valence-corrected chi connectivity index (χ1v) is 12.4. The molecule has 1 heterocycles. The van der Waals surface area contributed by atoms with Crippen molar-refractivity contribution in [3.63, 3.8) is 0 Å². The summed E-state index contributed by atoms with van der Waals surface area (Å²) in [6, 6.07) is 16.6. The van der Waals surface area contributed by atoms with Crippen LogP contribution in [0.1, 0.15) is 18.9 Å². The van der Waals surface area contributed by atoms with Gasteiger partial charge in [0, 0.05) is 24.1 Å². The van der Waals surface area contributed by atoms with Crippen LogP contribution in [0.25, 0.3) is 10.9 Å². The molecule has 0 aliphatic heterocycles. The highest BCUT2D eigenvalue weighted by Crippen LogP contribution is 2.31. The fourth-order valence-corrected chi connectivity index (χ4v) is 5.12. The molecule has 0 radical (unpaired) electrons. The lowest BCUT2D eigenvalue weighted by atomic mass is 10.1. The third-order valence-corrected chi connectivity index (χ3v) is 7.05. The lowest BCUT2D eigenvalue weighted by Gasteiger charge is -2.10. The second kappa shape index (κ2) is 10.2. The van der Waals surface area contributed by atoms with E-state index in [1.807, 2.05) is 0 Å². The van der Waals surface area contributed by atoms with Gasteiger partial charge in [-0.05, 0) is 73.5 Å². The highest BCUT2D eigenvalue weighted by atomic mass is 32.2. The summed E-state index contributed by atoms with van der Waals surface area (Å²) in [4.78, 5) is 11.9. The van der Waals surface area contributed by atoms with E-state index in [1.54, 1.807) is 37.3 Å². The zero-order chi connectivity index (χ0) is 25.0. The summed E-state index contributed by atoms with van der Waals surface area (Å²) < 4.78 is 57.7. The van der Waals surface area contributed by atoms with Crippen molar-refractivity contribution in [3.05, 3.63) is 84.3 Å². The molecule has 0 aliphatic rings. The molecule has 0 unspecified atom stereocenters. The molecule has 0 bridgehead atoms. The quantitative estimate of drug-likeness (QED) is 0.291. The predicted octanol–water partition coefficient (Wildman–Crippen LogP) is 5.31. The van der Waals surface area contributed by atoms with Gasteiger partial charge in [-0.15, -0.1) is 0 Å². The number of ether oxygens (including phenoxy) is 3. The van der Waals surface area contributed by atoms with Gasteiger partial charge in [0.05, 0.1) is 24.1 Å². The third kappa shape index (κ3) is 5.30. The van der Waals surface area contributed by atoms with E-state index in [-0.39, 0.29) is 23.9 Å². The Bertz CT molecular complexity index is 1460. The first kappa shape index (κ1) is 24.3. The Morgan fingerprint density at radius 2 is 1.71 bits per heavy atom. The van der Waals surface area contributed by atoms with Crippen LogP contribution in [0.5, 0.6) is 17.2 Å². The van der Waals surface area contributed by atoms with Crippen molar-refractivity contribution in [2.24, 2.45) is 0 Å². The number of carbonyl (C=O) groups excluding carboxylic acids is 1. The third-order valence-electron chi connectivity index (χ3n) is 5.38. The topological polar surface area (TPSA) is 83.8 Å². The monoisotopic (exact) mass is 497 g/mol. The van der Waals surface area contributed by atoms with Crippen LogP contribution in [0.2, 0.25) is 0 Å². The normalized spacial score (nSPS) is 11.4. The highest BCUT2D eigenvalue weighted by Gasteiger charge is 2.23. The van der Waals surface area contributed by atoms with Gasteiger partial charge in [-0.1, -0.05) is 6.07 Å². The van der Waals surface area contributed by atoms with Crippen LogP contribution in [0.4, 0.5) is 4.39 Å². The van der Waals surface area contributed by atoms with Crippen LogP contribution in [0, 0.1) is 5.82 Å². The number of aryl methyl sites for hydroxylation is 1. The average Bonchev–Trinajstić information content (AvgIpc) is 3.23. The second-order valence-electron chi connectivity index (χ2n) is 7.67. The van der Waals surface area contributed by atoms with Gasteiger partial charge in [-0.25, -0.2) is 16.8 Å². The molecular formula is C26H24FNO6S. The van der Waals surface area contributed by atoms with Crippen LogP contribution in [-0.2, 0) is 26.0 Å². The molecule has 4 rings (SSSR count). The molecule has 0 saturated heterocycles. The van der Waals surface area contributed by atoms with Crippen LogP contribution < -0.4 is 9.47 Å². The summed E-state index contributed by atoms with van der Waals surface area (Å²) >= 11 is 0. The van der Waals surface area contributed by atoms with E-state index >= 15 is 0 Å². The van der Waals surface area contributed by atoms with Crippen LogP contribution in [0.15, 0.2) is 77.8 Å². The molecule has 0 saturated carbocycles. The van der Waals surface area contributed by atoms with E-state index in [2.05, 4.69) is 0 Å². The number of fused-ring (bicyclic) bond motifs is 1. The number of methoxy groups -OCH3 is 1. The number of aromatic nitrogens is 1. The SMILES string of the molecule is CCOC(=O)CCc1cn(S(=O)(=O)c2cccc(Oc3ccc(F)cc3)c2)c2ccc(OC)cc12. The number of hydrogen-bond acceptors (Lipinski definition) is 6. The highest BCUT2D eigenvalue weighted by molar-refractivity contribution is 7.90. The van der Waals surface area contributed by atoms with E-state index in [0.29, 0.717) is 40.1 Å². The number of esters is 1. The molecule has 0 amide bonds. The second-order valence-corrected chi connectivity index (χ2v) is 9.49.